The molecular formula is C15H23NO2. The van der Waals surface area contributed by atoms with Gasteiger partial charge in [0.1, 0.15) is 5.75 Å². The summed E-state index contributed by atoms with van der Waals surface area (Å²) in [5, 5.41) is 0. The third kappa shape index (κ3) is 4.49. The van der Waals surface area contributed by atoms with E-state index in [0.29, 0.717) is 17.9 Å². The summed E-state index contributed by atoms with van der Waals surface area (Å²) in [6.45, 7) is 7.79. The van der Waals surface area contributed by atoms with Crippen LogP contribution < -0.4 is 4.74 Å². The van der Waals surface area contributed by atoms with Crippen LogP contribution in [0, 0.1) is 5.41 Å². The van der Waals surface area contributed by atoms with Crippen LogP contribution in [0.3, 0.4) is 0 Å². The van der Waals surface area contributed by atoms with E-state index in [0.717, 1.165) is 6.54 Å². The Morgan fingerprint density at radius 1 is 1.28 bits per heavy atom. The molecule has 1 aromatic carbocycles. The summed E-state index contributed by atoms with van der Waals surface area (Å²) < 4.78 is 5.21. The molecule has 0 aliphatic rings. The third-order valence-electron chi connectivity index (χ3n) is 2.57. The number of para-hydroxylation sites is 1. The second-order valence-electron chi connectivity index (χ2n) is 5.86. The van der Waals surface area contributed by atoms with Gasteiger partial charge in [-0.3, -0.25) is 9.69 Å². The molecule has 0 fully saturated rings. The number of Topliss-reactive ketones (excluding diaryl/α,β-unsaturated/α-hetero) is 1. The van der Waals surface area contributed by atoms with Crippen molar-refractivity contribution in [1.29, 1.82) is 0 Å². The Morgan fingerprint density at radius 2 is 1.89 bits per heavy atom. The Kier molecular flexibility index (Phi) is 4.91. The van der Waals surface area contributed by atoms with Crippen LogP contribution in [0.1, 0.15) is 31.1 Å². The average Bonchev–Trinajstić information content (AvgIpc) is 2.26. The van der Waals surface area contributed by atoms with Crippen molar-refractivity contribution in [3.63, 3.8) is 0 Å². The van der Waals surface area contributed by atoms with E-state index in [4.69, 9.17) is 4.74 Å². The SMILES string of the molecule is COc1ccccc1C(=O)CN(C)CC(C)(C)C. The molecule has 0 saturated carbocycles. The Morgan fingerprint density at radius 3 is 2.44 bits per heavy atom. The third-order valence-corrected chi connectivity index (χ3v) is 2.57. The van der Waals surface area contributed by atoms with Crippen molar-refractivity contribution < 1.29 is 9.53 Å². The minimum Gasteiger partial charge on any atom is -0.496 e. The minimum atomic E-state index is 0.0965. The molecular weight excluding hydrogens is 226 g/mol. The smallest absolute Gasteiger partial charge is 0.180 e. The van der Waals surface area contributed by atoms with Crippen LogP contribution in [0.2, 0.25) is 0 Å². The maximum Gasteiger partial charge on any atom is 0.180 e. The molecule has 1 aromatic rings. The maximum atomic E-state index is 12.2. The van der Waals surface area contributed by atoms with E-state index in [9.17, 15) is 4.79 Å². The second-order valence-corrected chi connectivity index (χ2v) is 5.86. The lowest BCUT2D eigenvalue weighted by Crippen LogP contribution is -2.33. The van der Waals surface area contributed by atoms with Gasteiger partial charge >= 0.3 is 0 Å². The lowest BCUT2D eigenvalue weighted by Gasteiger charge is -2.26. The lowest BCUT2D eigenvalue weighted by molar-refractivity contribution is 0.0924. The predicted molar refractivity (Wildman–Crippen MR) is 74.3 cm³/mol. The molecule has 100 valence electrons. The fraction of sp³-hybridized carbons (Fsp3) is 0.533. The van der Waals surface area contributed by atoms with Crippen molar-refractivity contribution >= 4 is 5.78 Å². The van der Waals surface area contributed by atoms with E-state index in [-0.39, 0.29) is 11.2 Å². The lowest BCUT2D eigenvalue weighted by atomic mass is 9.96. The number of methoxy groups -OCH3 is 1. The topological polar surface area (TPSA) is 29.5 Å². The number of carbonyl (C=O) groups excluding carboxylic acids is 1. The number of ketones is 1. The molecule has 3 nitrogen and oxygen atoms in total. The molecule has 18 heavy (non-hydrogen) atoms. The zero-order chi connectivity index (χ0) is 13.8. The van der Waals surface area contributed by atoms with Gasteiger partial charge in [0.25, 0.3) is 0 Å². The fourth-order valence-corrected chi connectivity index (χ4v) is 2.07. The summed E-state index contributed by atoms with van der Waals surface area (Å²) in [6.07, 6.45) is 0. The molecule has 0 amide bonds. The molecule has 0 N–H and O–H groups in total. The summed E-state index contributed by atoms with van der Waals surface area (Å²) in [6, 6.07) is 7.36. The van der Waals surface area contributed by atoms with Crippen molar-refractivity contribution in [2.75, 3.05) is 27.2 Å². The van der Waals surface area contributed by atoms with Gasteiger partial charge in [0, 0.05) is 6.54 Å². The summed E-state index contributed by atoms with van der Waals surface area (Å²) in [5.74, 6) is 0.742. The molecule has 0 radical (unpaired) electrons. The largest absolute Gasteiger partial charge is 0.496 e. The molecule has 3 heteroatoms. The molecule has 1 rings (SSSR count). The first kappa shape index (κ1) is 14.7. The van der Waals surface area contributed by atoms with Crippen LogP contribution in [-0.2, 0) is 0 Å². The summed E-state index contributed by atoms with van der Waals surface area (Å²) >= 11 is 0. The highest BCUT2D eigenvalue weighted by Gasteiger charge is 2.18. The monoisotopic (exact) mass is 249 g/mol. The summed E-state index contributed by atoms with van der Waals surface area (Å²) in [7, 11) is 3.56. The number of rotatable bonds is 5. The predicted octanol–water partition coefficient (Wildman–Crippen LogP) is 2.86. The molecule has 0 heterocycles. The molecule has 0 aliphatic heterocycles. The summed E-state index contributed by atoms with van der Waals surface area (Å²) in [5.41, 5.74) is 0.844. The molecule has 0 bridgehead atoms. The van der Waals surface area contributed by atoms with Gasteiger partial charge in [0.05, 0.1) is 19.2 Å². The van der Waals surface area contributed by atoms with Crippen molar-refractivity contribution in [3.8, 4) is 5.75 Å². The van der Waals surface area contributed by atoms with Crippen LogP contribution >= 0.6 is 0 Å². The molecule has 0 atom stereocenters. The number of benzene rings is 1. The van der Waals surface area contributed by atoms with E-state index in [1.807, 2.05) is 31.3 Å². The number of hydrogen-bond acceptors (Lipinski definition) is 3. The van der Waals surface area contributed by atoms with Crippen LogP contribution in [0.15, 0.2) is 24.3 Å². The maximum absolute atomic E-state index is 12.2. The van der Waals surface area contributed by atoms with E-state index >= 15 is 0 Å². The average molecular weight is 249 g/mol. The number of ether oxygens (including phenoxy) is 1. The molecule has 0 spiro atoms. The minimum absolute atomic E-state index is 0.0965. The Hall–Kier alpha value is -1.35. The number of carbonyl (C=O) groups is 1. The van der Waals surface area contributed by atoms with Crippen molar-refractivity contribution in [2.45, 2.75) is 20.8 Å². The number of nitrogens with zero attached hydrogens (tertiary/aromatic N) is 1. The highest BCUT2D eigenvalue weighted by atomic mass is 16.5. The van der Waals surface area contributed by atoms with Crippen LogP contribution in [0.4, 0.5) is 0 Å². The van der Waals surface area contributed by atoms with Crippen LogP contribution in [0.5, 0.6) is 5.75 Å². The summed E-state index contributed by atoms with van der Waals surface area (Å²) in [4.78, 5) is 14.2. The van der Waals surface area contributed by atoms with Crippen molar-refractivity contribution in [2.24, 2.45) is 5.41 Å². The van der Waals surface area contributed by atoms with Gasteiger partial charge in [-0.1, -0.05) is 32.9 Å². The van der Waals surface area contributed by atoms with Crippen LogP contribution in [0.25, 0.3) is 0 Å². The van der Waals surface area contributed by atoms with Gasteiger partial charge in [-0.2, -0.15) is 0 Å². The second kappa shape index (κ2) is 6.01. The highest BCUT2D eigenvalue weighted by molar-refractivity contribution is 6.00. The zero-order valence-electron chi connectivity index (χ0n) is 12.0. The fourth-order valence-electron chi connectivity index (χ4n) is 2.07. The quantitative estimate of drug-likeness (QED) is 0.751. The standard InChI is InChI=1S/C15H23NO2/c1-15(2,3)11-16(4)10-13(17)12-8-6-7-9-14(12)18-5/h6-9H,10-11H2,1-5H3. The Balaban J connectivity index is 2.71. The first-order valence-electron chi connectivity index (χ1n) is 6.18. The van der Waals surface area contributed by atoms with E-state index < -0.39 is 0 Å². The molecule has 0 aromatic heterocycles. The molecule has 0 saturated heterocycles. The Labute approximate surface area is 110 Å². The van der Waals surface area contributed by atoms with Gasteiger partial charge in [0.2, 0.25) is 0 Å². The van der Waals surface area contributed by atoms with Crippen molar-refractivity contribution in [1.82, 2.24) is 4.90 Å². The van der Waals surface area contributed by atoms with Gasteiger partial charge in [0.15, 0.2) is 5.78 Å². The van der Waals surface area contributed by atoms with E-state index in [1.165, 1.54) is 0 Å². The number of likely N-dealkylation sites (N-methyl/N-ethyl adjacent to an activating group) is 1. The Bertz CT molecular complexity index is 407. The normalized spacial score (nSPS) is 11.7. The van der Waals surface area contributed by atoms with E-state index in [2.05, 4.69) is 25.7 Å². The van der Waals surface area contributed by atoms with Crippen molar-refractivity contribution in [3.05, 3.63) is 29.8 Å². The number of hydrogen-bond donors (Lipinski definition) is 0. The van der Waals surface area contributed by atoms with Gasteiger partial charge < -0.3 is 4.74 Å². The molecule has 0 unspecified atom stereocenters. The zero-order valence-corrected chi connectivity index (χ0v) is 12.0. The molecule has 0 aliphatic carbocycles. The first-order valence-corrected chi connectivity index (χ1v) is 6.18. The van der Waals surface area contributed by atoms with Gasteiger partial charge in [-0.25, -0.2) is 0 Å². The van der Waals surface area contributed by atoms with E-state index in [1.54, 1.807) is 7.11 Å². The van der Waals surface area contributed by atoms with Gasteiger partial charge in [-0.15, -0.1) is 0 Å². The first-order chi connectivity index (χ1) is 8.33. The van der Waals surface area contributed by atoms with Gasteiger partial charge in [-0.05, 0) is 24.6 Å². The van der Waals surface area contributed by atoms with Crippen LogP contribution in [-0.4, -0.2) is 37.9 Å². The highest BCUT2D eigenvalue weighted by Crippen LogP contribution is 2.19.